The van der Waals surface area contributed by atoms with E-state index in [1.807, 2.05) is 21.1 Å². The summed E-state index contributed by atoms with van der Waals surface area (Å²) >= 11 is 0. The van der Waals surface area contributed by atoms with E-state index in [0.29, 0.717) is 17.4 Å². The van der Waals surface area contributed by atoms with Gasteiger partial charge in [-0.15, -0.1) is 0 Å². The normalized spacial score (nSPS) is 13.1. The molecule has 0 saturated heterocycles. The molecule has 0 fully saturated rings. The van der Waals surface area contributed by atoms with Gasteiger partial charge in [-0.25, -0.2) is 4.79 Å². The summed E-state index contributed by atoms with van der Waals surface area (Å²) in [5.74, 6) is -1.98. The SMILES string of the molecule is CC/C=C\C/C=C\C/C=C\C/C=C\C/C=C\C/C=C\C/C=C\CCCCCCCCCCCCCCCCCCCC(=O)OC(COC(=O)CCCCCCCCCCCCCCCCCCCCCCCCCCCCC/C=C\C/C=C\CCCCCCC)COC(OCC[N+](C)(C)C)C(=O)O. The number of nitrogens with zero attached hydrogens (tertiary/aromatic N) is 1. The quantitative estimate of drug-likeness (QED) is 0.0211. The molecule has 0 aliphatic heterocycles. The number of quaternary nitrogens is 1. The van der Waals surface area contributed by atoms with Gasteiger partial charge in [-0.3, -0.25) is 9.59 Å². The molecule has 0 amide bonds. The molecule has 0 heterocycles. The van der Waals surface area contributed by atoms with Gasteiger partial charge in [0.15, 0.2) is 6.10 Å². The number of carbonyl (C=O) groups is 3. The van der Waals surface area contributed by atoms with Crippen LogP contribution in [0, 0.1) is 0 Å². The largest absolute Gasteiger partial charge is 0.477 e. The van der Waals surface area contributed by atoms with Crippen LogP contribution in [0.2, 0.25) is 0 Å². The number of carbonyl (C=O) groups excluding carboxylic acids is 2. The predicted molar refractivity (Wildman–Crippen MR) is 447 cm³/mol. The first-order valence-corrected chi connectivity index (χ1v) is 44.1. The number of esters is 2. The first-order chi connectivity index (χ1) is 50.6. The first kappa shape index (κ1) is 98.9. The number of allylic oxidation sites excluding steroid dienone is 18. The first-order valence-electron chi connectivity index (χ1n) is 44.1. The second-order valence-corrected chi connectivity index (χ2v) is 30.8. The van der Waals surface area contributed by atoms with Crippen molar-refractivity contribution in [2.24, 2.45) is 0 Å². The minimum atomic E-state index is -1.51. The van der Waals surface area contributed by atoms with Gasteiger partial charge in [0.1, 0.15) is 13.2 Å². The summed E-state index contributed by atoms with van der Waals surface area (Å²) in [4.78, 5) is 37.8. The number of aliphatic carboxylic acids is 1. The highest BCUT2D eigenvalue weighted by Gasteiger charge is 2.25. The van der Waals surface area contributed by atoms with Crippen molar-refractivity contribution in [2.45, 2.75) is 424 Å². The average Bonchev–Trinajstić information content (AvgIpc) is 0.985. The highest BCUT2D eigenvalue weighted by molar-refractivity contribution is 5.71. The molecule has 0 aliphatic rings. The molecule has 0 aromatic rings. The lowest BCUT2D eigenvalue weighted by atomic mass is 10.0. The van der Waals surface area contributed by atoms with Crippen LogP contribution < -0.4 is 0 Å². The minimum absolute atomic E-state index is 0.180. The molecule has 596 valence electrons. The Morgan fingerprint density at radius 1 is 0.301 bits per heavy atom. The van der Waals surface area contributed by atoms with Crippen LogP contribution >= 0.6 is 0 Å². The lowest BCUT2D eigenvalue weighted by molar-refractivity contribution is -0.870. The maximum atomic E-state index is 13.0. The summed E-state index contributed by atoms with van der Waals surface area (Å²) in [6, 6.07) is 0. The van der Waals surface area contributed by atoms with E-state index < -0.39 is 18.4 Å². The highest BCUT2D eigenvalue weighted by atomic mass is 16.7. The molecular weight excluding hydrogens is 1270 g/mol. The molecule has 0 saturated carbocycles. The van der Waals surface area contributed by atoms with Crippen molar-refractivity contribution in [3.63, 3.8) is 0 Å². The second kappa shape index (κ2) is 83.6. The van der Waals surface area contributed by atoms with Gasteiger partial charge in [0.2, 0.25) is 0 Å². The number of hydrogen-bond donors (Lipinski definition) is 1. The number of carboxylic acids is 1. The summed E-state index contributed by atoms with van der Waals surface area (Å²) in [6.07, 6.45) is 116. The standard InChI is InChI=1S/C94H167NO8/c1-6-8-10-12-14-16-18-20-22-24-26-28-30-32-34-36-38-40-42-44-46-48-50-52-54-56-58-60-62-64-66-68-70-72-74-76-78-80-82-84-91(96)101-88-90(89-102-94(93(98)99)100-87-86-95(3,4)5)103-92(97)85-83-81-79-77-75-73-71-69-67-65-63-61-59-57-55-53-51-49-47-45-43-41-39-37-35-33-31-29-27-25-23-21-19-17-15-13-11-9-7-2/h9,11,15,17-18,20-21,23-24,26-27,29,33,35,39,41,45,47,90,94H,6-8,10,12-14,16,19,22,25,28,30-32,34,36-38,40,42-44,46,48-89H2,1-5H3/p+1/b11-9-,17-15-,20-18-,23-21-,26-24-,29-27-,35-33-,41-39-,47-45-. The van der Waals surface area contributed by atoms with Crippen molar-refractivity contribution in [1.82, 2.24) is 0 Å². The molecule has 0 bridgehead atoms. The number of rotatable bonds is 82. The highest BCUT2D eigenvalue weighted by Crippen LogP contribution is 2.20. The molecule has 9 nitrogen and oxygen atoms in total. The maximum Gasteiger partial charge on any atom is 0.361 e. The fourth-order valence-corrected chi connectivity index (χ4v) is 12.9. The van der Waals surface area contributed by atoms with Gasteiger partial charge in [0.25, 0.3) is 6.29 Å². The van der Waals surface area contributed by atoms with Crippen LogP contribution in [0.5, 0.6) is 0 Å². The van der Waals surface area contributed by atoms with Crippen LogP contribution in [0.4, 0.5) is 0 Å². The molecule has 0 radical (unpaired) electrons. The number of likely N-dealkylation sites (N-methyl/N-ethyl adjacent to an activating group) is 1. The Hall–Kier alpha value is -4.05. The van der Waals surface area contributed by atoms with Gasteiger partial charge in [-0.05, 0) is 103 Å². The molecule has 2 atom stereocenters. The lowest BCUT2D eigenvalue weighted by Gasteiger charge is -2.25. The smallest absolute Gasteiger partial charge is 0.361 e. The average molecular weight is 1440 g/mol. The van der Waals surface area contributed by atoms with Crippen molar-refractivity contribution >= 4 is 17.9 Å². The topological polar surface area (TPSA) is 108 Å². The van der Waals surface area contributed by atoms with E-state index in [2.05, 4.69) is 123 Å². The maximum absolute atomic E-state index is 13.0. The molecule has 1 N–H and O–H groups in total. The summed E-state index contributed by atoms with van der Waals surface area (Å²) in [6.45, 7) is 4.81. The Kier molecular flexibility index (Phi) is 80.3. The third-order valence-electron chi connectivity index (χ3n) is 19.5. The van der Waals surface area contributed by atoms with E-state index in [1.54, 1.807) is 0 Å². The molecule has 0 aromatic carbocycles. The number of hydrogen-bond acceptors (Lipinski definition) is 7. The van der Waals surface area contributed by atoms with E-state index in [-0.39, 0.29) is 38.2 Å². The van der Waals surface area contributed by atoms with Gasteiger partial charge in [0, 0.05) is 12.8 Å². The zero-order valence-electron chi connectivity index (χ0n) is 68.5. The third-order valence-corrected chi connectivity index (χ3v) is 19.5. The van der Waals surface area contributed by atoms with Crippen LogP contribution in [0.1, 0.15) is 412 Å². The zero-order valence-corrected chi connectivity index (χ0v) is 68.5. The van der Waals surface area contributed by atoms with E-state index in [0.717, 1.165) is 89.9 Å². The molecule has 0 aromatic heterocycles. The van der Waals surface area contributed by atoms with Crippen LogP contribution in [0.15, 0.2) is 109 Å². The molecule has 0 spiro atoms. The molecule has 9 heteroatoms. The number of ether oxygens (including phenoxy) is 4. The van der Waals surface area contributed by atoms with E-state index >= 15 is 0 Å². The van der Waals surface area contributed by atoms with E-state index in [1.165, 1.54) is 295 Å². The Labute approximate surface area is 638 Å². The second-order valence-electron chi connectivity index (χ2n) is 30.8. The summed E-state index contributed by atoms with van der Waals surface area (Å²) in [7, 11) is 6.00. The van der Waals surface area contributed by atoms with E-state index in [9.17, 15) is 19.5 Å². The number of unbranched alkanes of at least 4 members (excludes halogenated alkanes) is 49. The fourth-order valence-electron chi connectivity index (χ4n) is 12.9. The Morgan fingerprint density at radius 3 is 0.825 bits per heavy atom. The van der Waals surface area contributed by atoms with E-state index in [4.69, 9.17) is 18.9 Å². The Bertz CT molecular complexity index is 2070. The molecule has 2 unspecified atom stereocenters. The van der Waals surface area contributed by atoms with Crippen molar-refractivity contribution in [3.8, 4) is 0 Å². The van der Waals surface area contributed by atoms with Gasteiger partial charge in [0.05, 0.1) is 34.4 Å². The van der Waals surface area contributed by atoms with Gasteiger partial charge < -0.3 is 28.5 Å². The van der Waals surface area contributed by atoms with Crippen LogP contribution in [-0.4, -0.2) is 87.4 Å². The van der Waals surface area contributed by atoms with Gasteiger partial charge in [-0.2, -0.15) is 0 Å². The van der Waals surface area contributed by atoms with Crippen molar-refractivity contribution in [3.05, 3.63) is 109 Å². The molecule has 103 heavy (non-hydrogen) atoms. The van der Waals surface area contributed by atoms with Crippen molar-refractivity contribution in [1.29, 1.82) is 0 Å². The monoisotopic (exact) mass is 1440 g/mol. The predicted octanol–water partition coefficient (Wildman–Crippen LogP) is 28.8. The fraction of sp³-hybridized carbons (Fsp3) is 0.777. The molecule has 0 aliphatic carbocycles. The molecule has 0 rings (SSSR count). The summed E-state index contributed by atoms with van der Waals surface area (Å²) < 4.78 is 23.1. The Balaban J connectivity index is 3.95. The van der Waals surface area contributed by atoms with Crippen LogP contribution in [0.25, 0.3) is 0 Å². The summed E-state index contributed by atoms with van der Waals surface area (Å²) in [5.41, 5.74) is 0. The zero-order chi connectivity index (χ0) is 74.6. The third kappa shape index (κ3) is 85.1. The van der Waals surface area contributed by atoms with Crippen LogP contribution in [-0.2, 0) is 33.3 Å². The molecular formula is C94H168NO8+. The van der Waals surface area contributed by atoms with Gasteiger partial charge in [-0.1, -0.05) is 406 Å². The minimum Gasteiger partial charge on any atom is -0.477 e. The number of carboxylic acid groups (broad SMARTS) is 1. The van der Waals surface area contributed by atoms with Crippen LogP contribution in [0.3, 0.4) is 0 Å². The lowest BCUT2D eigenvalue weighted by Crippen LogP contribution is -2.40. The summed E-state index contributed by atoms with van der Waals surface area (Å²) in [5, 5.41) is 9.79. The van der Waals surface area contributed by atoms with Gasteiger partial charge >= 0.3 is 17.9 Å². The Morgan fingerprint density at radius 2 is 0.553 bits per heavy atom. The van der Waals surface area contributed by atoms with Crippen molar-refractivity contribution in [2.75, 3.05) is 47.5 Å². The van der Waals surface area contributed by atoms with Crippen molar-refractivity contribution < 1.29 is 42.9 Å².